The Morgan fingerprint density at radius 1 is 1.32 bits per heavy atom. The molecule has 1 heterocycles. The van der Waals surface area contributed by atoms with Gasteiger partial charge in [-0.3, -0.25) is 0 Å². The Labute approximate surface area is 113 Å². The second kappa shape index (κ2) is 5.03. The number of benzene rings is 1. The molecule has 2 aromatic rings. The maximum absolute atomic E-state index is 4.12. The van der Waals surface area contributed by atoms with E-state index in [4.69, 9.17) is 0 Å². The van der Waals surface area contributed by atoms with Crippen molar-refractivity contribution >= 4 is 5.69 Å². The van der Waals surface area contributed by atoms with Gasteiger partial charge in [-0.15, -0.1) is 10.2 Å². The van der Waals surface area contributed by atoms with Crippen LogP contribution in [0.4, 0.5) is 5.69 Å². The number of hydrogen-bond acceptors (Lipinski definition) is 3. The van der Waals surface area contributed by atoms with E-state index >= 15 is 0 Å². The Balaban J connectivity index is 1.66. The second-order valence-corrected chi connectivity index (χ2v) is 5.57. The fourth-order valence-electron chi connectivity index (χ4n) is 2.46. The zero-order valence-electron chi connectivity index (χ0n) is 11.5. The molecule has 19 heavy (non-hydrogen) atoms. The van der Waals surface area contributed by atoms with Gasteiger partial charge in [-0.25, -0.2) is 0 Å². The predicted molar refractivity (Wildman–Crippen MR) is 76.9 cm³/mol. The molecule has 0 spiro atoms. The van der Waals surface area contributed by atoms with Gasteiger partial charge in [-0.2, -0.15) is 0 Å². The van der Waals surface area contributed by atoms with Crippen molar-refractivity contribution in [1.29, 1.82) is 0 Å². The van der Waals surface area contributed by atoms with Crippen molar-refractivity contribution in [1.82, 2.24) is 14.8 Å². The van der Waals surface area contributed by atoms with Gasteiger partial charge in [0.05, 0.1) is 0 Å². The third-order valence-electron chi connectivity index (χ3n) is 3.65. The largest absolute Gasteiger partial charge is 0.383 e. The molecule has 1 N–H and O–H groups in total. The Kier molecular flexibility index (Phi) is 3.23. The summed E-state index contributed by atoms with van der Waals surface area (Å²) in [7, 11) is 1.96. The van der Waals surface area contributed by atoms with Gasteiger partial charge in [0.15, 0.2) is 5.82 Å². The van der Waals surface area contributed by atoms with Crippen molar-refractivity contribution in [3.05, 3.63) is 30.6 Å². The van der Waals surface area contributed by atoms with E-state index in [9.17, 15) is 0 Å². The predicted octanol–water partition coefficient (Wildman–Crippen LogP) is 3.08. The lowest BCUT2D eigenvalue weighted by Gasteiger charge is -2.15. The lowest BCUT2D eigenvalue weighted by atomic mass is 10.1. The van der Waals surface area contributed by atoms with Crippen LogP contribution in [0, 0.1) is 5.92 Å². The molecule has 0 bridgehead atoms. The van der Waals surface area contributed by atoms with Crippen molar-refractivity contribution in [3.8, 4) is 11.4 Å². The van der Waals surface area contributed by atoms with Crippen LogP contribution in [0.3, 0.4) is 0 Å². The molecule has 3 rings (SSSR count). The Morgan fingerprint density at radius 3 is 2.63 bits per heavy atom. The Hall–Kier alpha value is -1.84. The standard InChI is InChI=1S/C15H20N4/c1-11(9-12-3-4-12)17-14-7-5-13(6-8-14)15-18-16-10-19(15)2/h5-8,10-12,17H,3-4,9H2,1-2H3. The Morgan fingerprint density at radius 2 is 2.05 bits per heavy atom. The number of aryl methyl sites for hydroxylation is 1. The van der Waals surface area contributed by atoms with Gasteiger partial charge >= 0.3 is 0 Å². The van der Waals surface area contributed by atoms with Crippen molar-refractivity contribution < 1.29 is 0 Å². The summed E-state index contributed by atoms with van der Waals surface area (Å²) in [5.41, 5.74) is 2.28. The van der Waals surface area contributed by atoms with E-state index in [0.29, 0.717) is 6.04 Å². The van der Waals surface area contributed by atoms with Gasteiger partial charge in [-0.1, -0.05) is 12.8 Å². The van der Waals surface area contributed by atoms with Crippen LogP contribution in [-0.2, 0) is 7.05 Å². The summed E-state index contributed by atoms with van der Waals surface area (Å²) in [5, 5.41) is 11.6. The van der Waals surface area contributed by atoms with E-state index in [1.54, 1.807) is 6.33 Å². The molecule has 1 saturated carbocycles. The highest BCUT2D eigenvalue weighted by Gasteiger charge is 2.23. The molecule has 0 aliphatic heterocycles. The summed E-state index contributed by atoms with van der Waals surface area (Å²) in [4.78, 5) is 0. The lowest BCUT2D eigenvalue weighted by Crippen LogP contribution is -2.15. The van der Waals surface area contributed by atoms with Gasteiger partial charge in [0.2, 0.25) is 0 Å². The minimum absolute atomic E-state index is 0.549. The molecular weight excluding hydrogens is 236 g/mol. The van der Waals surface area contributed by atoms with E-state index in [2.05, 4.69) is 46.7 Å². The average Bonchev–Trinajstić information content (AvgIpc) is 3.10. The summed E-state index contributed by atoms with van der Waals surface area (Å²) >= 11 is 0. The first-order valence-electron chi connectivity index (χ1n) is 6.93. The fraction of sp³-hybridized carbons (Fsp3) is 0.467. The summed E-state index contributed by atoms with van der Waals surface area (Å²) < 4.78 is 1.93. The lowest BCUT2D eigenvalue weighted by molar-refractivity contribution is 0.642. The second-order valence-electron chi connectivity index (χ2n) is 5.57. The SMILES string of the molecule is CC(CC1CC1)Nc1ccc(-c2nncn2C)cc1. The number of aromatic nitrogens is 3. The zero-order chi connectivity index (χ0) is 13.2. The first-order valence-corrected chi connectivity index (χ1v) is 6.93. The molecule has 1 aliphatic carbocycles. The van der Waals surface area contributed by atoms with Crippen LogP contribution >= 0.6 is 0 Å². The van der Waals surface area contributed by atoms with Crippen LogP contribution in [0.15, 0.2) is 30.6 Å². The molecule has 1 atom stereocenters. The van der Waals surface area contributed by atoms with Gasteiger partial charge < -0.3 is 9.88 Å². The van der Waals surface area contributed by atoms with Crippen LogP contribution < -0.4 is 5.32 Å². The maximum Gasteiger partial charge on any atom is 0.163 e. The van der Waals surface area contributed by atoms with Crippen molar-refractivity contribution in [2.45, 2.75) is 32.2 Å². The smallest absolute Gasteiger partial charge is 0.163 e. The highest BCUT2D eigenvalue weighted by molar-refractivity contribution is 5.59. The summed E-state index contributed by atoms with van der Waals surface area (Å²) in [5.74, 6) is 1.86. The van der Waals surface area contributed by atoms with Gasteiger partial charge in [0.25, 0.3) is 0 Å². The minimum atomic E-state index is 0.549. The van der Waals surface area contributed by atoms with Gasteiger partial charge in [0, 0.05) is 24.3 Å². The van der Waals surface area contributed by atoms with Crippen molar-refractivity contribution in [2.75, 3.05) is 5.32 Å². The molecule has 4 heteroatoms. The van der Waals surface area contributed by atoms with Gasteiger partial charge in [-0.05, 0) is 43.5 Å². The number of rotatable bonds is 5. The van der Waals surface area contributed by atoms with Crippen LogP contribution in [0.5, 0.6) is 0 Å². The van der Waals surface area contributed by atoms with E-state index < -0.39 is 0 Å². The molecule has 0 amide bonds. The van der Waals surface area contributed by atoms with Crippen molar-refractivity contribution in [2.24, 2.45) is 13.0 Å². The number of nitrogens with one attached hydrogen (secondary N) is 1. The third kappa shape index (κ3) is 2.95. The van der Waals surface area contributed by atoms with Crippen LogP contribution in [0.2, 0.25) is 0 Å². The van der Waals surface area contributed by atoms with Crippen LogP contribution in [0.1, 0.15) is 26.2 Å². The number of anilines is 1. The normalized spacial score (nSPS) is 16.3. The molecule has 1 unspecified atom stereocenters. The minimum Gasteiger partial charge on any atom is -0.383 e. The molecule has 0 saturated heterocycles. The molecule has 1 aliphatic rings. The maximum atomic E-state index is 4.12. The first-order chi connectivity index (χ1) is 9.22. The monoisotopic (exact) mass is 256 g/mol. The van der Waals surface area contributed by atoms with Gasteiger partial charge in [0.1, 0.15) is 6.33 Å². The molecule has 1 fully saturated rings. The highest BCUT2D eigenvalue weighted by atomic mass is 15.2. The summed E-state index contributed by atoms with van der Waals surface area (Å²) in [6.45, 7) is 2.26. The van der Waals surface area contributed by atoms with E-state index in [1.165, 1.54) is 24.9 Å². The summed E-state index contributed by atoms with van der Waals surface area (Å²) in [6.07, 6.45) is 5.83. The van der Waals surface area contributed by atoms with Crippen molar-refractivity contribution in [3.63, 3.8) is 0 Å². The molecule has 0 radical (unpaired) electrons. The molecule has 4 nitrogen and oxygen atoms in total. The molecular formula is C15H20N4. The topological polar surface area (TPSA) is 42.7 Å². The van der Waals surface area contributed by atoms with Crippen LogP contribution in [-0.4, -0.2) is 20.8 Å². The van der Waals surface area contributed by atoms with E-state index in [1.807, 2.05) is 11.6 Å². The third-order valence-corrected chi connectivity index (χ3v) is 3.65. The first kappa shape index (κ1) is 12.2. The zero-order valence-corrected chi connectivity index (χ0v) is 11.5. The molecule has 1 aromatic carbocycles. The Bertz CT molecular complexity index is 540. The average molecular weight is 256 g/mol. The highest BCUT2D eigenvalue weighted by Crippen LogP contribution is 2.34. The van der Waals surface area contributed by atoms with Crippen LogP contribution in [0.25, 0.3) is 11.4 Å². The number of nitrogens with zero attached hydrogens (tertiary/aromatic N) is 3. The quantitative estimate of drug-likeness (QED) is 0.894. The fourth-order valence-corrected chi connectivity index (χ4v) is 2.46. The van der Waals surface area contributed by atoms with E-state index in [0.717, 1.165) is 17.3 Å². The molecule has 1 aromatic heterocycles. The van der Waals surface area contributed by atoms with E-state index in [-0.39, 0.29) is 0 Å². The number of hydrogen-bond donors (Lipinski definition) is 1. The summed E-state index contributed by atoms with van der Waals surface area (Å²) in [6, 6.07) is 8.97. The molecule has 100 valence electrons.